The van der Waals surface area contributed by atoms with Crippen LogP contribution in [0.25, 0.3) is 11.8 Å². The zero-order valence-electron chi connectivity index (χ0n) is 24.0. The first-order chi connectivity index (χ1) is 20.7. The lowest BCUT2D eigenvalue weighted by Crippen LogP contribution is -2.49. The molecule has 0 spiro atoms. The molecule has 4 rings (SSSR count). The van der Waals surface area contributed by atoms with E-state index >= 15 is 0 Å². The first-order valence-corrected chi connectivity index (χ1v) is 14.5. The van der Waals surface area contributed by atoms with Crippen molar-refractivity contribution in [1.82, 2.24) is 14.8 Å². The molecule has 0 aliphatic carbocycles. The lowest BCUT2D eigenvalue weighted by molar-refractivity contribution is -0.119. The fourth-order valence-electron chi connectivity index (χ4n) is 4.62. The number of terminal acetylenes is 1. The SMILES string of the molecule is C#CCNC(=O)C(C#N)=c1sc(=CNc2cccc(N(C)C(=O)CN3CCN(c4ccc(F)cc4)CC3)c2)c(=O)n1CC. The summed E-state index contributed by atoms with van der Waals surface area (Å²) in [6.45, 7) is 5.16. The highest BCUT2D eigenvalue weighted by molar-refractivity contribution is 7.07. The number of aromatic nitrogens is 1. The molecular formula is C31H32FN7O3S. The monoisotopic (exact) mass is 601 g/mol. The van der Waals surface area contributed by atoms with Gasteiger partial charge in [-0.25, -0.2) is 4.39 Å². The number of amides is 2. The number of benzene rings is 2. The summed E-state index contributed by atoms with van der Waals surface area (Å²) in [6, 6.07) is 15.6. The van der Waals surface area contributed by atoms with E-state index in [1.54, 1.807) is 49.2 Å². The normalized spacial score (nSPS) is 14.4. The first kappa shape index (κ1) is 31.0. The molecule has 0 unspecified atom stereocenters. The smallest absolute Gasteiger partial charge is 0.270 e. The molecule has 1 saturated heterocycles. The third kappa shape index (κ3) is 7.49. The summed E-state index contributed by atoms with van der Waals surface area (Å²) in [5.41, 5.74) is 1.77. The van der Waals surface area contributed by atoms with E-state index in [2.05, 4.69) is 26.4 Å². The molecule has 1 aromatic heterocycles. The maximum absolute atomic E-state index is 13.2. The van der Waals surface area contributed by atoms with E-state index in [9.17, 15) is 24.0 Å². The van der Waals surface area contributed by atoms with Gasteiger partial charge in [-0.05, 0) is 49.4 Å². The number of rotatable bonds is 9. The highest BCUT2D eigenvalue weighted by atomic mass is 32.1. The molecule has 2 heterocycles. The lowest BCUT2D eigenvalue weighted by atomic mass is 10.2. The van der Waals surface area contributed by atoms with Crippen molar-refractivity contribution in [3.63, 3.8) is 0 Å². The molecule has 3 aromatic rings. The molecule has 12 heteroatoms. The number of thiazole rings is 1. The predicted octanol–water partition coefficient (Wildman–Crippen LogP) is 1.13. The van der Waals surface area contributed by atoms with Gasteiger partial charge in [0.25, 0.3) is 11.5 Å². The fraction of sp³-hybridized carbons (Fsp3) is 0.290. The molecule has 1 aliphatic heterocycles. The van der Waals surface area contributed by atoms with E-state index in [1.807, 2.05) is 12.1 Å². The maximum Gasteiger partial charge on any atom is 0.270 e. The van der Waals surface area contributed by atoms with Crippen LogP contribution in [0.1, 0.15) is 6.92 Å². The van der Waals surface area contributed by atoms with Gasteiger partial charge in [0.05, 0.1) is 13.1 Å². The van der Waals surface area contributed by atoms with Crippen LogP contribution in [0.3, 0.4) is 0 Å². The van der Waals surface area contributed by atoms with Gasteiger partial charge in [-0.1, -0.05) is 12.0 Å². The van der Waals surface area contributed by atoms with Crippen molar-refractivity contribution in [3.8, 4) is 18.4 Å². The predicted molar refractivity (Wildman–Crippen MR) is 167 cm³/mol. The van der Waals surface area contributed by atoms with Gasteiger partial charge in [-0.3, -0.25) is 23.9 Å². The standard InChI is InChI=1S/C31H32FN7O3S/c1-4-13-34-29(41)26(19-33)31-39(5-2)30(42)27(43-31)20-35-23-7-6-8-25(18-23)36(3)28(40)21-37-14-16-38(17-15-37)24-11-9-22(32)10-12-24/h1,6-12,18,20,35H,5,13-17,21H2,2-3H3,(H,34,41). The summed E-state index contributed by atoms with van der Waals surface area (Å²) in [7, 11) is 1.72. The van der Waals surface area contributed by atoms with Crippen molar-refractivity contribution >= 4 is 52.0 Å². The summed E-state index contributed by atoms with van der Waals surface area (Å²) >= 11 is 1.03. The molecule has 0 radical (unpaired) electrons. The number of piperazine rings is 1. The Kier molecular flexibility index (Phi) is 10.3. The van der Waals surface area contributed by atoms with Crippen LogP contribution < -0.4 is 35.2 Å². The van der Waals surface area contributed by atoms with Gasteiger partial charge in [-0.15, -0.1) is 17.8 Å². The molecule has 1 aliphatic rings. The summed E-state index contributed by atoms with van der Waals surface area (Å²) in [6.07, 6.45) is 6.72. The fourth-order valence-corrected chi connectivity index (χ4v) is 5.70. The number of carbonyl (C=O) groups excluding carboxylic acids is 2. The number of nitrogens with one attached hydrogen (secondary N) is 2. The minimum Gasteiger partial charge on any atom is -0.369 e. The van der Waals surface area contributed by atoms with Crippen molar-refractivity contribution in [1.29, 1.82) is 5.26 Å². The first-order valence-electron chi connectivity index (χ1n) is 13.7. The Morgan fingerprint density at radius 1 is 1.16 bits per heavy atom. The average molecular weight is 602 g/mol. The van der Waals surface area contributed by atoms with E-state index < -0.39 is 5.91 Å². The van der Waals surface area contributed by atoms with Crippen LogP contribution in [-0.4, -0.2) is 67.6 Å². The molecule has 1 fully saturated rings. The average Bonchev–Trinajstić information content (AvgIpc) is 3.34. The molecule has 10 nitrogen and oxygen atoms in total. The number of halogens is 1. The van der Waals surface area contributed by atoms with E-state index in [0.29, 0.717) is 29.0 Å². The van der Waals surface area contributed by atoms with Crippen molar-refractivity contribution in [2.45, 2.75) is 13.5 Å². The van der Waals surface area contributed by atoms with Crippen LogP contribution >= 0.6 is 11.3 Å². The lowest BCUT2D eigenvalue weighted by Gasteiger charge is -2.36. The van der Waals surface area contributed by atoms with Crippen LogP contribution in [0.2, 0.25) is 0 Å². The van der Waals surface area contributed by atoms with E-state index in [0.717, 1.165) is 30.1 Å². The topological polar surface area (TPSA) is 114 Å². The molecule has 2 aromatic carbocycles. The van der Waals surface area contributed by atoms with Gasteiger partial charge in [-0.2, -0.15) is 5.26 Å². The number of anilines is 3. The number of hydrogen-bond acceptors (Lipinski definition) is 8. The molecule has 0 bridgehead atoms. The maximum atomic E-state index is 13.2. The Balaban J connectivity index is 1.44. The van der Waals surface area contributed by atoms with Gasteiger partial charge in [0, 0.05) is 63.0 Å². The third-order valence-corrected chi connectivity index (χ3v) is 8.16. The Labute approximate surface area is 252 Å². The van der Waals surface area contributed by atoms with Crippen molar-refractivity contribution in [2.24, 2.45) is 0 Å². The third-order valence-electron chi connectivity index (χ3n) is 7.03. The van der Waals surface area contributed by atoms with Gasteiger partial charge in [0.15, 0.2) is 5.57 Å². The number of hydrogen-bond donors (Lipinski definition) is 2. The van der Waals surface area contributed by atoms with Gasteiger partial charge in [0.1, 0.15) is 21.1 Å². The molecule has 2 amide bonds. The highest BCUT2D eigenvalue weighted by Crippen LogP contribution is 2.20. The number of nitriles is 1. The largest absolute Gasteiger partial charge is 0.369 e. The summed E-state index contributed by atoms with van der Waals surface area (Å²) in [5.74, 6) is 1.32. The number of likely N-dealkylation sites (N-methyl/N-ethyl adjacent to an activating group) is 1. The molecule has 222 valence electrons. The van der Waals surface area contributed by atoms with Gasteiger partial charge < -0.3 is 20.4 Å². The summed E-state index contributed by atoms with van der Waals surface area (Å²) < 4.78 is 15.2. The van der Waals surface area contributed by atoms with Gasteiger partial charge in [0.2, 0.25) is 5.91 Å². The van der Waals surface area contributed by atoms with Crippen LogP contribution in [0.5, 0.6) is 0 Å². The molecule has 0 atom stereocenters. The zero-order valence-corrected chi connectivity index (χ0v) is 24.8. The van der Waals surface area contributed by atoms with Crippen LogP contribution in [0.15, 0.2) is 53.3 Å². The van der Waals surface area contributed by atoms with Crippen LogP contribution in [0.4, 0.5) is 21.5 Å². The van der Waals surface area contributed by atoms with Crippen molar-refractivity contribution in [2.75, 3.05) is 61.4 Å². The summed E-state index contributed by atoms with van der Waals surface area (Å²) in [4.78, 5) is 44.4. The Morgan fingerprint density at radius 3 is 2.53 bits per heavy atom. The minimum atomic E-state index is -0.640. The Morgan fingerprint density at radius 2 is 1.88 bits per heavy atom. The van der Waals surface area contributed by atoms with E-state index in [-0.39, 0.29) is 47.2 Å². The minimum absolute atomic E-state index is 0.0340. The summed E-state index contributed by atoms with van der Waals surface area (Å²) in [5, 5.41) is 15.2. The Bertz CT molecular complexity index is 1740. The molecular weight excluding hydrogens is 569 g/mol. The highest BCUT2D eigenvalue weighted by Gasteiger charge is 2.21. The zero-order chi connectivity index (χ0) is 30.9. The second-order valence-electron chi connectivity index (χ2n) is 9.73. The van der Waals surface area contributed by atoms with Crippen molar-refractivity contribution < 1.29 is 14.0 Å². The number of nitrogens with zero attached hydrogens (tertiary/aromatic N) is 5. The van der Waals surface area contributed by atoms with E-state index in [1.165, 1.54) is 22.9 Å². The molecule has 2 N–H and O–H groups in total. The quantitative estimate of drug-likeness (QED) is 0.354. The van der Waals surface area contributed by atoms with Crippen molar-refractivity contribution in [3.05, 3.63) is 73.9 Å². The van der Waals surface area contributed by atoms with Gasteiger partial charge >= 0.3 is 0 Å². The molecule has 43 heavy (non-hydrogen) atoms. The molecule has 0 saturated carbocycles. The number of carbonyl (C=O) groups is 2. The Hall–Kier alpha value is -4.91. The van der Waals surface area contributed by atoms with E-state index in [4.69, 9.17) is 6.42 Å². The van der Waals surface area contributed by atoms with Crippen LogP contribution in [-0.2, 0) is 16.1 Å². The van der Waals surface area contributed by atoms with Crippen LogP contribution in [0, 0.1) is 29.5 Å². The second kappa shape index (κ2) is 14.3. The second-order valence-corrected chi connectivity index (χ2v) is 10.8.